The standard InChI is InChI=1S/C14H16BrFN2/c1-4-17-13-7-12(8(2)3)18-14-6-11(16)10(15)5-9(13)14/h5-8H,4H2,1-3H3,(H,17,18). The molecule has 96 valence electrons. The molecule has 0 aliphatic carbocycles. The summed E-state index contributed by atoms with van der Waals surface area (Å²) < 4.78 is 14.1. The Morgan fingerprint density at radius 1 is 1.33 bits per heavy atom. The fourth-order valence-corrected chi connectivity index (χ4v) is 2.22. The van der Waals surface area contributed by atoms with Gasteiger partial charge in [-0.3, -0.25) is 4.98 Å². The number of anilines is 1. The minimum atomic E-state index is -0.279. The number of rotatable bonds is 3. The molecule has 0 atom stereocenters. The summed E-state index contributed by atoms with van der Waals surface area (Å²) in [4.78, 5) is 4.52. The highest BCUT2D eigenvalue weighted by atomic mass is 79.9. The van der Waals surface area contributed by atoms with E-state index in [1.807, 2.05) is 13.0 Å². The molecule has 1 heterocycles. The number of benzene rings is 1. The number of fused-ring (bicyclic) bond motifs is 1. The molecule has 0 saturated heterocycles. The van der Waals surface area contributed by atoms with Gasteiger partial charge in [-0.05, 0) is 40.9 Å². The van der Waals surface area contributed by atoms with Crippen molar-refractivity contribution in [3.63, 3.8) is 0 Å². The second-order valence-electron chi connectivity index (χ2n) is 4.56. The van der Waals surface area contributed by atoms with Crippen molar-refractivity contribution in [3.05, 3.63) is 34.2 Å². The van der Waals surface area contributed by atoms with E-state index in [-0.39, 0.29) is 5.82 Å². The molecule has 0 aliphatic rings. The van der Waals surface area contributed by atoms with Crippen molar-refractivity contribution in [2.24, 2.45) is 0 Å². The van der Waals surface area contributed by atoms with E-state index in [9.17, 15) is 4.39 Å². The lowest BCUT2D eigenvalue weighted by Crippen LogP contribution is -2.02. The molecular formula is C14H16BrFN2. The van der Waals surface area contributed by atoms with Gasteiger partial charge in [-0.2, -0.15) is 0 Å². The molecule has 2 aromatic rings. The molecule has 0 unspecified atom stereocenters. The van der Waals surface area contributed by atoms with Gasteiger partial charge in [0.2, 0.25) is 0 Å². The van der Waals surface area contributed by atoms with Gasteiger partial charge >= 0.3 is 0 Å². The number of hydrogen-bond donors (Lipinski definition) is 1. The van der Waals surface area contributed by atoms with Crippen molar-refractivity contribution in [3.8, 4) is 0 Å². The fourth-order valence-electron chi connectivity index (χ4n) is 1.87. The SMILES string of the molecule is CCNc1cc(C(C)C)nc2cc(F)c(Br)cc12. The minimum absolute atomic E-state index is 0.279. The topological polar surface area (TPSA) is 24.9 Å². The molecule has 4 heteroatoms. The van der Waals surface area contributed by atoms with Crippen LogP contribution in [0, 0.1) is 5.82 Å². The number of halogens is 2. The van der Waals surface area contributed by atoms with E-state index in [4.69, 9.17) is 0 Å². The first-order valence-corrected chi connectivity index (χ1v) is 6.85. The van der Waals surface area contributed by atoms with Crippen LogP contribution in [0.3, 0.4) is 0 Å². The molecule has 0 spiro atoms. The van der Waals surface area contributed by atoms with E-state index in [2.05, 4.69) is 40.1 Å². The van der Waals surface area contributed by atoms with Crippen molar-refractivity contribution < 1.29 is 4.39 Å². The Labute approximate surface area is 115 Å². The molecule has 18 heavy (non-hydrogen) atoms. The van der Waals surface area contributed by atoms with Gasteiger partial charge in [-0.1, -0.05) is 13.8 Å². The van der Waals surface area contributed by atoms with Crippen molar-refractivity contribution >= 4 is 32.5 Å². The van der Waals surface area contributed by atoms with Crippen molar-refractivity contribution in [1.29, 1.82) is 0 Å². The summed E-state index contributed by atoms with van der Waals surface area (Å²) in [6.45, 7) is 7.03. The van der Waals surface area contributed by atoms with E-state index in [0.717, 1.165) is 23.3 Å². The molecule has 0 aliphatic heterocycles. The molecule has 1 N–H and O–H groups in total. The largest absolute Gasteiger partial charge is 0.385 e. The molecule has 1 aromatic heterocycles. The van der Waals surface area contributed by atoms with Crippen LogP contribution in [0.1, 0.15) is 32.4 Å². The zero-order valence-electron chi connectivity index (χ0n) is 10.7. The Hall–Kier alpha value is -1.16. The van der Waals surface area contributed by atoms with Crippen molar-refractivity contribution in [2.45, 2.75) is 26.7 Å². The zero-order chi connectivity index (χ0) is 13.3. The normalized spacial score (nSPS) is 11.2. The predicted molar refractivity (Wildman–Crippen MR) is 77.7 cm³/mol. The molecule has 0 bridgehead atoms. The summed E-state index contributed by atoms with van der Waals surface area (Å²) >= 11 is 3.22. The first-order chi connectivity index (χ1) is 8.52. The second kappa shape index (κ2) is 5.22. The van der Waals surface area contributed by atoms with Crippen LogP contribution in [0.5, 0.6) is 0 Å². The lowest BCUT2D eigenvalue weighted by molar-refractivity contribution is 0.622. The second-order valence-corrected chi connectivity index (χ2v) is 5.42. The van der Waals surface area contributed by atoms with Crippen LogP contribution in [0.2, 0.25) is 0 Å². The highest BCUT2D eigenvalue weighted by molar-refractivity contribution is 9.10. The van der Waals surface area contributed by atoms with Gasteiger partial charge in [0.25, 0.3) is 0 Å². The maximum atomic E-state index is 13.6. The van der Waals surface area contributed by atoms with Crippen molar-refractivity contribution in [2.75, 3.05) is 11.9 Å². The molecule has 2 nitrogen and oxygen atoms in total. The summed E-state index contributed by atoms with van der Waals surface area (Å²) in [5.74, 6) is 0.0388. The smallest absolute Gasteiger partial charge is 0.139 e. The summed E-state index contributed by atoms with van der Waals surface area (Å²) in [6, 6.07) is 5.30. The maximum Gasteiger partial charge on any atom is 0.139 e. The molecule has 2 rings (SSSR count). The maximum absolute atomic E-state index is 13.6. The van der Waals surface area contributed by atoms with Crippen LogP contribution >= 0.6 is 15.9 Å². The lowest BCUT2D eigenvalue weighted by Gasteiger charge is -2.13. The van der Waals surface area contributed by atoms with Gasteiger partial charge in [0.1, 0.15) is 5.82 Å². The Balaban J connectivity index is 2.72. The quantitative estimate of drug-likeness (QED) is 0.889. The van der Waals surface area contributed by atoms with Gasteiger partial charge < -0.3 is 5.32 Å². The average molecular weight is 311 g/mol. The third kappa shape index (κ3) is 2.48. The number of nitrogens with zero attached hydrogens (tertiary/aromatic N) is 1. The van der Waals surface area contributed by atoms with E-state index in [0.29, 0.717) is 15.9 Å². The van der Waals surface area contributed by atoms with Crippen LogP contribution in [-0.2, 0) is 0 Å². The van der Waals surface area contributed by atoms with Crippen LogP contribution in [0.15, 0.2) is 22.7 Å². The Bertz CT molecular complexity index is 582. The van der Waals surface area contributed by atoms with E-state index in [1.54, 1.807) is 6.07 Å². The zero-order valence-corrected chi connectivity index (χ0v) is 12.3. The Morgan fingerprint density at radius 3 is 2.67 bits per heavy atom. The summed E-state index contributed by atoms with van der Waals surface area (Å²) in [5, 5.41) is 4.25. The van der Waals surface area contributed by atoms with E-state index in [1.165, 1.54) is 6.07 Å². The Kier molecular flexibility index (Phi) is 3.85. The number of hydrogen-bond acceptors (Lipinski definition) is 2. The van der Waals surface area contributed by atoms with E-state index < -0.39 is 0 Å². The number of pyridine rings is 1. The number of aromatic nitrogens is 1. The molecule has 0 saturated carbocycles. The molecule has 0 fully saturated rings. The molecule has 0 radical (unpaired) electrons. The highest BCUT2D eigenvalue weighted by Gasteiger charge is 2.11. The number of nitrogens with one attached hydrogen (secondary N) is 1. The molecule has 1 aromatic carbocycles. The fraction of sp³-hybridized carbons (Fsp3) is 0.357. The monoisotopic (exact) mass is 310 g/mol. The van der Waals surface area contributed by atoms with Crippen LogP contribution in [0.4, 0.5) is 10.1 Å². The predicted octanol–water partition coefficient (Wildman–Crippen LogP) is 4.69. The van der Waals surface area contributed by atoms with E-state index >= 15 is 0 Å². The highest BCUT2D eigenvalue weighted by Crippen LogP contribution is 2.30. The van der Waals surface area contributed by atoms with Crippen LogP contribution in [-0.4, -0.2) is 11.5 Å². The van der Waals surface area contributed by atoms with Gasteiger partial charge in [0.15, 0.2) is 0 Å². The Morgan fingerprint density at radius 2 is 2.06 bits per heavy atom. The van der Waals surface area contributed by atoms with Gasteiger partial charge in [-0.15, -0.1) is 0 Å². The summed E-state index contributed by atoms with van der Waals surface area (Å²) in [6.07, 6.45) is 0. The first-order valence-electron chi connectivity index (χ1n) is 6.06. The third-order valence-electron chi connectivity index (χ3n) is 2.83. The molecular weight excluding hydrogens is 295 g/mol. The van der Waals surface area contributed by atoms with Crippen molar-refractivity contribution in [1.82, 2.24) is 4.98 Å². The van der Waals surface area contributed by atoms with Crippen LogP contribution in [0.25, 0.3) is 10.9 Å². The van der Waals surface area contributed by atoms with Gasteiger partial charge in [0, 0.05) is 29.4 Å². The van der Waals surface area contributed by atoms with Gasteiger partial charge in [0.05, 0.1) is 9.99 Å². The first kappa shape index (κ1) is 13.3. The summed E-state index contributed by atoms with van der Waals surface area (Å²) in [7, 11) is 0. The van der Waals surface area contributed by atoms with Crippen LogP contribution < -0.4 is 5.32 Å². The summed E-state index contributed by atoms with van der Waals surface area (Å²) in [5.41, 5.74) is 2.67. The van der Waals surface area contributed by atoms with Gasteiger partial charge in [-0.25, -0.2) is 4.39 Å². The minimum Gasteiger partial charge on any atom is -0.385 e. The molecule has 0 amide bonds. The average Bonchev–Trinajstić information content (AvgIpc) is 2.31. The third-order valence-corrected chi connectivity index (χ3v) is 3.44. The lowest BCUT2D eigenvalue weighted by atomic mass is 10.1.